The average molecular weight is 350 g/mol. The summed E-state index contributed by atoms with van der Waals surface area (Å²) < 4.78 is 0. The first-order valence-corrected chi connectivity index (χ1v) is 8.11. The molecular formula is C18H17Cl2NO2. The number of halogens is 2. The third-order valence-corrected chi connectivity index (χ3v) is 4.96. The van der Waals surface area contributed by atoms with Gasteiger partial charge >= 0.3 is 6.09 Å². The van der Waals surface area contributed by atoms with E-state index in [1.54, 1.807) is 12.1 Å². The monoisotopic (exact) mass is 349 g/mol. The van der Waals surface area contributed by atoms with Crippen molar-refractivity contribution in [2.75, 3.05) is 0 Å². The second kappa shape index (κ2) is 5.73. The lowest BCUT2D eigenvalue weighted by Gasteiger charge is -2.27. The fraction of sp³-hybridized carbons (Fsp3) is 0.278. The maximum Gasteiger partial charge on any atom is 0.405 e. The Balaban J connectivity index is 2.09. The predicted octanol–water partition coefficient (Wildman–Crippen LogP) is 5.55. The SMILES string of the molecule is CC1(C)Cc2ccc(-c3cc(Cl)ccc3Cl)cc2C1NC(=O)O. The molecule has 2 aromatic rings. The van der Waals surface area contributed by atoms with Gasteiger partial charge in [0.1, 0.15) is 0 Å². The molecule has 1 aliphatic rings. The van der Waals surface area contributed by atoms with Crippen LogP contribution in [0.5, 0.6) is 0 Å². The number of hydrogen-bond donors (Lipinski definition) is 2. The average Bonchev–Trinajstić information content (AvgIpc) is 2.71. The molecular weight excluding hydrogens is 333 g/mol. The molecule has 0 saturated carbocycles. The minimum absolute atomic E-state index is 0.169. The first kappa shape index (κ1) is 16.2. The highest BCUT2D eigenvalue weighted by Crippen LogP contribution is 2.46. The zero-order valence-electron chi connectivity index (χ0n) is 12.9. The van der Waals surface area contributed by atoms with Gasteiger partial charge in [-0.1, -0.05) is 49.2 Å². The second-order valence-corrected chi connectivity index (χ2v) is 7.43. The summed E-state index contributed by atoms with van der Waals surface area (Å²) in [6, 6.07) is 11.2. The number of fused-ring (bicyclic) bond motifs is 1. The number of amides is 1. The van der Waals surface area contributed by atoms with Crippen molar-refractivity contribution in [3.8, 4) is 11.1 Å². The molecule has 0 radical (unpaired) electrons. The number of benzene rings is 2. The van der Waals surface area contributed by atoms with E-state index in [9.17, 15) is 4.79 Å². The van der Waals surface area contributed by atoms with Crippen LogP contribution >= 0.6 is 23.2 Å². The normalized spacial score (nSPS) is 18.5. The number of nitrogens with one attached hydrogen (secondary N) is 1. The van der Waals surface area contributed by atoms with Gasteiger partial charge in [0.15, 0.2) is 0 Å². The Morgan fingerprint density at radius 3 is 2.65 bits per heavy atom. The first-order chi connectivity index (χ1) is 10.8. The Kier molecular flexibility index (Phi) is 4.03. The number of carboxylic acid groups (broad SMARTS) is 1. The smallest absolute Gasteiger partial charge is 0.405 e. The molecule has 0 saturated heterocycles. The fourth-order valence-electron chi connectivity index (χ4n) is 3.32. The van der Waals surface area contributed by atoms with Crippen LogP contribution in [0.15, 0.2) is 36.4 Å². The van der Waals surface area contributed by atoms with Crippen LogP contribution < -0.4 is 5.32 Å². The minimum atomic E-state index is -1.01. The van der Waals surface area contributed by atoms with E-state index in [-0.39, 0.29) is 11.5 Å². The highest BCUT2D eigenvalue weighted by Gasteiger charge is 2.40. The van der Waals surface area contributed by atoms with Crippen molar-refractivity contribution < 1.29 is 9.90 Å². The van der Waals surface area contributed by atoms with E-state index in [1.165, 1.54) is 0 Å². The molecule has 2 aromatic carbocycles. The molecule has 23 heavy (non-hydrogen) atoms. The van der Waals surface area contributed by atoms with Crippen molar-refractivity contribution in [3.05, 3.63) is 57.6 Å². The molecule has 3 rings (SSSR count). The van der Waals surface area contributed by atoms with Crippen molar-refractivity contribution in [1.82, 2.24) is 5.32 Å². The largest absolute Gasteiger partial charge is 0.465 e. The number of carbonyl (C=O) groups is 1. The van der Waals surface area contributed by atoms with Gasteiger partial charge in [-0.05, 0) is 52.8 Å². The van der Waals surface area contributed by atoms with Crippen LogP contribution in [0.3, 0.4) is 0 Å². The van der Waals surface area contributed by atoms with E-state index in [0.29, 0.717) is 10.0 Å². The first-order valence-electron chi connectivity index (χ1n) is 7.35. The maximum atomic E-state index is 11.2. The van der Waals surface area contributed by atoms with Crippen LogP contribution in [0.4, 0.5) is 4.79 Å². The molecule has 1 amide bonds. The van der Waals surface area contributed by atoms with Crippen molar-refractivity contribution in [1.29, 1.82) is 0 Å². The Morgan fingerprint density at radius 1 is 1.22 bits per heavy atom. The number of rotatable bonds is 2. The standard InChI is InChI=1S/C18H17Cl2NO2/c1-18(2)9-11-4-3-10(7-14(11)16(18)21-17(22)23)13-8-12(19)5-6-15(13)20/h3-8,16,21H,9H2,1-2H3,(H,22,23). The second-order valence-electron chi connectivity index (χ2n) is 6.59. The van der Waals surface area contributed by atoms with Crippen LogP contribution in [0.2, 0.25) is 10.0 Å². The van der Waals surface area contributed by atoms with E-state index in [1.807, 2.05) is 24.3 Å². The van der Waals surface area contributed by atoms with Gasteiger partial charge in [0.05, 0.1) is 6.04 Å². The van der Waals surface area contributed by atoms with Gasteiger partial charge in [-0.15, -0.1) is 0 Å². The van der Waals surface area contributed by atoms with Gasteiger partial charge in [-0.3, -0.25) is 0 Å². The summed E-state index contributed by atoms with van der Waals surface area (Å²) in [5, 5.41) is 13.0. The Labute approximate surface area is 145 Å². The summed E-state index contributed by atoms with van der Waals surface area (Å²) in [5.74, 6) is 0. The Hall–Kier alpha value is -1.71. The predicted molar refractivity (Wildman–Crippen MR) is 93.3 cm³/mol. The lowest BCUT2D eigenvalue weighted by molar-refractivity contribution is 0.175. The molecule has 0 fully saturated rings. The summed E-state index contributed by atoms with van der Waals surface area (Å²) in [6.07, 6.45) is -0.182. The Morgan fingerprint density at radius 2 is 1.96 bits per heavy atom. The minimum Gasteiger partial charge on any atom is -0.465 e. The van der Waals surface area contributed by atoms with Gasteiger partial charge < -0.3 is 10.4 Å². The quantitative estimate of drug-likeness (QED) is 0.746. The summed E-state index contributed by atoms with van der Waals surface area (Å²) in [7, 11) is 0. The van der Waals surface area contributed by atoms with E-state index in [0.717, 1.165) is 28.7 Å². The van der Waals surface area contributed by atoms with E-state index < -0.39 is 6.09 Å². The van der Waals surface area contributed by atoms with Crippen LogP contribution in [0.1, 0.15) is 31.0 Å². The zero-order valence-corrected chi connectivity index (χ0v) is 14.4. The molecule has 3 nitrogen and oxygen atoms in total. The van der Waals surface area contributed by atoms with E-state index in [4.69, 9.17) is 28.3 Å². The highest BCUT2D eigenvalue weighted by atomic mass is 35.5. The topological polar surface area (TPSA) is 49.3 Å². The Bertz CT molecular complexity index is 787. The molecule has 0 bridgehead atoms. The van der Waals surface area contributed by atoms with E-state index in [2.05, 4.69) is 19.2 Å². The van der Waals surface area contributed by atoms with Crippen molar-refractivity contribution in [2.24, 2.45) is 5.41 Å². The van der Waals surface area contributed by atoms with Crippen LogP contribution in [-0.2, 0) is 6.42 Å². The zero-order chi connectivity index (χ0) is 16.8. The van der Waals surface area contributed by atoms with Crippen LogP contribution in [0.25, 0.3) is 11.1 Å². The molecule has 1 atom stereocenters. The molecule has 1 unspecified atom stereocenters. The molecule has 5 heteroatoms. The summed E-state index contributed by atoms with van der Waals surface area (Å²) in [6.45, 7) is 4.14. The van der Waals surface area contributed by atoms with Gasteiger partial charge in [-0.2, -0.15) is 0 Å². The van der Waals surface area contributed by atoms with Crippen LogP contribution in [-0.4, -0.2) is 11.2 Å². The van der Waals surface area contributed by atoms with Crippen molar-refractivity contribution in [3.63, 3.8) is 0 Å². The van der Waals surface area contributed by atoms with Crippen molar-refractivity contribution in [2.45, 2.75) is 26.3 Å². The lowest BCUT2D eigenvalue weighted by Crippen LogP contribution is -2.34. The number of hydrogen-bond acceptors (Lipinski definition) is 1. The lowest BCUT2D eigenvalue weighted by atomic mass is 9.85. The maximum absolute atomic E-state index is 11.2. The summed E-state index contributed by atoms with van der Waals surface area (Å²) in [5.41, 5.74) is 3.78. The third-order valence-electron chi connectivity index (χ3n) is 4.39. The van der Waals surface area contributed by atoms with Crippen LogP contribution in [0, 0.1) is 5.41 Å². The fourth-order valence-corrected chi connectivity index (χ4v) is 3.72. The van der Waals surface area contributed by atoms with Gasteiger partial charge in [0.2, 0.25) is 0 Å². The van der Waals surface area contributed by atoms with E-state index >= 15 is 0 Å². The van der Waals surface area contributed by atoms with Gasteiger partial charge in [0, 0.05) is 15.6 Å². The molecule has 0 aromatic heterocycles. The highest BCUT2D eigenvalue weighted by molar-refractivity contribution is 6.35. The third kappa shape index (κ3) is 3.04. The summed E-state index contributed by atoms with van der Waals surface area (Å²) >= 11 is 12.4. The molecule has 0 aliphatic heterocycles. The molecule has 1 aliphatic carbocycles. The molecule has 0 heterocycles. The summed E-state index contributed by atoms with van der Waals surface area (Å²) in [4.78, 5) is 11.2. The molecule has 120 valence electrons. The van der Waals surface area contributed by atoms with Gasteiger partial charge in [-0.25, -0.2) is 4.79 Å². The molecule has 2 N–H and O–H groups in total. The van der Waals surface area contributed by atoms with Crippen molar-refractivity contribution >= 4 is 29.3 Å². The molecule has 0 spiro atoms. The van der Waals surface area contributed by atoms with Gasteiger partial charge in [0.25, 0.3) is 0 Å².